The monoisotopic (exact) mass is 454 g/mol. The number of carbonyl (C=O) groups excluding carboxylic acids is 1. The average molecular weight is 455 g/mol. The van der Waals surface area contributed by atoms with Crippen LogP contribution in [-0.4, -0.2) is 68.7 Å². The first-order valence-corrected chi connectivity index (χ1v) is 11.8. The minimum absolute atomic E-state index is 0.000160. The molecule has 6 rings (SSSR count). The molecule has 8 heteroatoms. The molecule has 8 nitrogen and oxygen atoms in total. The number of aliphatic imine (C=N–C) groups is 2. The van der Waals surface area contributed by atoms with E-state index in [0.717, 1.165) is 29.1 Å². The van der Waals surface area contributed by atoms with Gasteiger partial charge in [-0.05, 0) is 36.7 Å². The zero-order chi connectivity index (χ0) is 23.1. The molecule has 1 fully saturated rings. The number of carbonyl (C=O) groups is 1. The fourth-order valence-corrected chi connectivity index (χ4v) is 5.13. The molecule has 3 aromatic rings. The largest absolute Gasteiger partial charge is 0.394 e. The summed E-state index contributed by atoms with van der Waals surface area (Å²) >= 11 is 0. The van der Waals surface area contributed by atoms with Gasteiger partial charge in [0.1, 0.15) is 18.7 Å². The molecule has 0 spiro atoms. The van der Waals surface area contributed by atoms with E-state index >= 15 is 0 Å². The summed E-state index contributed by atoms with van der Waals surface area (Å²) in [6.45, 7) is 3.71. The number of benzene rings is 2. The summed E-state index contributed by atoms with van der Waals surface area (Å²) in [7, 11) is 0. The average Bonchev–Trinajstić information content (AvgIpc) is 3.21. The molecular formula is C26H26N6O2. The van der Waals surface area contributed by atoms with Gasteiger partial charge in [-0.1, -0.05) is 36.4 Å². The number of nitrogens with zero attached hydrogens (tertiary/aromatic N) is 6. The first-order chi connectivity index (χ1) is 16.7. The molecule has 3 aliphatic heterocycles. The lowest BCUT2D eigenvalue weighted by Crippen LogP contribution is -2.36. The van der Waals surface area contributed by atoms with E-state index in [-0.39, 0.29) is 30.8 Å². The van der Waals surface area contributed by atoms with E-state index in [2.05, 4.69) is 39.2 Å². The molecule has 3 aliphatic rings. The van der Waals surface area contributed by atoms with Gasteiger partial charge in [0.25, 0.3) is 0 Å². The van der Waals surface area contributed by atoms with Crippen LogP contribution in [0.1, 0.15) is 51.1 Å². The van der Waals surface area contributed by atoms with E-state index in [0.29, 0.717) is 17.9 Å². The Bertz CT molecular complexity index is 1290. The lowest BCUT2D eigenvalue weighted by atomic mass is 9.78. The Morgan fingerprint density at radius 3 is 2.71 bits per heavy atom. The van der Waals surface area contributed by atoms with Crippen LogP contribution in [0.2, 0.25) is 0 Å². The standard InChI is InChI=1S/C26H26N6O2/c33-12-11-32-26(29-16-30-32)24-20(18-7-5-17(6-8-18)15-31-9-2-10-31)13-27-21-4-1-3-19-22(34)14-28-25(24)23(19)21/h1,3-8,13,16,20,24,33H,2,9-12,14-15H2. The van der Waals surface area contributed by atoms with Gasteiger partial charge < -0.3 is 5.11 Å². The Morgan fingerprint density at radius 1 is 1.09 bits per heavy atom. The molecule has 1 aromatic heterocycles. The molecule has 2 atom stereocenters. The van der Waals surface area contributed by atoms with Crippen LogP contribution in [-0.2, 0) is 13.1 Å². The van der Waals surface area contributed by atoms with Crippen LogP contribution in [0.3, 0.4) is 0 Å². The summed E-state index contributed by atoms with van der Waals surface area (Å²) < 4.78 is 1.73. The third-order valence-corrected chi connectivity index (χ3v) is 6.97. The van der Waals surface area contributed by atoms with E-state index in [1.807, 2.05) is 24.4 Å². The summed E-state index contributed by atoms with van der Waals surface area (Å²) in [5.74, 6) is 0.285. The van der Waals surface area contributed by atoms with Crippen LogP contribution in [0.25, 0.3) is 0 Å². The minimum Gasteiger partial charge on any atom is -0.394 e. The maximum absolute atomic E-state index is 12.7. The SMILES string of the molecule is O=C1CN=C2c3c(cccc31)N=CC(c1ccc(CN3CCC3)cc1)C2c1ncnn1CCO. The Hall–Kier alpha value is -3.49. The molecule has 1 N–H and O–H groups in total. The van der Waals surface area contributed by atoms with E-state index in [4.69, 9.17) is 9.98 Å². The number of aliphatic hydroxyl groups excluding tert-OH is 1. The van der Waals surface area contributed by atoms with E-state index in [1.165, 1.54) is 31.4 Å². The number of hydrogen-bond donors (Lipinski definition) is 1. The Labute approximate surface area is 197 Å². The predicted octanol–water partition coefficient (Wildman–Crippen LogP) is 2.75. The van der Waals surface area contributed by atoms with Gasteiger partial charge in [0.05, 0.1) is 30.5 Å². The quantitative estimate of drug-likeness (QED) is 0.618. The summed E-state index contributed by atoms with van der Waals surface area (Å²) in [5, 5.41) is 14.0. The van der Waals surface area contributed by atoms with Crippen molar-refractivity contribution in [1.82, 2.24) is 19.7 Å². The van der Waals surface area contributed by atoms with Gasteiger partial charge in [-0.25, -0.2) is 9.67 Å². The Morgan fingerprint density at radius 2 is 1.94 bits per heavy atom. The second-order valence-electron chi connectivity index (χ2n) is 9.04. The summed E-state index contributed by atoms with van der Waals surface area (Å²) in [5.41, 5.74) is 5.40. The van der Waals surface area contributed by atoms with Crippen LogP contribution in [0.15, 0.2) is 58.8 Å². The number of hydrogen-bond acceptors (Lipinski definition) is 7. The van der Waals surface area contributed by atoms with Gasteiger partial charge in [0, 0.05) is 29.8 Å². The van der Waals surface area contributed by atoms with E-state index < -0.39 is 0 Å². The zero-order valence-electron chi connectivity index (χ0n) is 18.8. The second-order valence-corrected chi connectivity index (χ2v) is 9.04. The van der Waals surface area contributed by atoms with Gasteiger partial charge in [-0.3, -0.25) is 19.7 Å². The van der Waals surface area contributed by atoms with Crippen molar-refractivity contribution in [3.63, 3.8) is 0 Å². The third kappa shape index (κ3) is 3.59. The van der Waals surface area contributed by atoms with Crippen LogP contribution < -0.4 is 0 Å². The highest BCUT2D eigenvalue weighted by molar-refractivity contribution is 6.21. The molecule has 0 saturated carbocycles. The van der Waals surface area contributed by atoms with Gasteiger partial charge in [-0.2, -0.15) is 5.10 Å². The summed E-state index contributed by atoms with van der Waals surface area (Å²) in [6.07, 6.45) is 4.75. The predicted molar refractivity (Wildman–Crippen MR) is 129 cm³/mol. The number of ketones is 1. The fraction of sp³-hybridized carbons (Fsp3) is 0.346. The molecule has 0 amide bonds. The van der Waals surface area contributed by atoms with Crippen molar-refractivity contribution in [3.8, 4) is 0 Å². The van der Waals surface area contributed by atoms with Crippen molar-refractivity contribution >= 4 is 23.4 Å². The molecule has 0 aliphatic carbocycles. The van der Waals surface area contributed by atoms with Gasteiger partial charge >= 0.3 is 0 Å². The highest BCUT2D eigenvalue weighted by Gasteiger charge is 2.39. The van der Waals surface area contributed by atoms with Crippen molar-refractivity contribution in [2.24, 2.45) is 9.98 Å². The Balaban J connectivity index is 1.47. The molecule has 34 heavy (non-hydrogen) atoms. The summed E-state index contributed by atoms with van der Waals surface area (Å²) in [6, 6.07) is 14.4. The van der Waals surface area contributed by atoms with Gasteiger partial charge in [0.2, 0.25) is 0 Å². The third-order valence-electron chi connectivity index (χ3n) is 6.97. The number of aliphatic hydroxyl groups is 1. The van der Waals surface area contributed by atoms with Crippen molar-refractivity contribution < 1.29 is 9.90 Å². The first-order valence-electron chi connectivity index (χ1n) is 11.8. The smallest absolute Gasteiger partial charge is 0.184 e. The van der Waals surface area contributed by atoms with Crippen LogP contribution >= 0.6 is 0 Å². The molecule has 0 bridgehead atoms. The molecule has 4 heterocycles. The topological polar surface area (TPSA) is 96.0 Å². The lowest BCUT2D eigenvalue weighted by Gasteiger charge is -2.31. The molecule has 172 valence electrons. The first kappa shape index (κ1) is 21.1. The molecular weight excluding hydrogens is 428 g/mol. The molecule has 1 saturated heterocycles. The van der Waals surface area contributed by atoms with E-state index in [9.17, 15) is 9.90 Å². The normalized spacial score (nSPS) is 21.6. The van der Waals surface area contributed by atoms with Crippen LogP contribution in [0.4, 0.5) is 5.69 Å². The fourth-order valence-electron chi connectivity index (χ4n) is 5.13. The second kappa shape index (κ2) is 8.70. The molecule has 2 aromatic carbocycles. The number of Topliss-reactive ketones (excluding diaryl/α,β-unsaturated/α-hetero) is 1. The highest BCUT2D eigenvalue weighted by atomic mass is 16.3. The van der Waals surface area contributed by atoms with Crippen molar-refractivity contribution in [2.75, 3.05) is 26.2 Å². The maximum atomic E-state index is 12.7. The number of likely N-dealkylation sites (tertiary alicyclic amines) is 1. The number of aromatic nitrogens is 3. The van der Waals surface area contributed by atoms with Crippen LogP contribution in [0, 0.1) is 0 Å². The van der Waals surface area contributed by atoms with Crippen LogP contribution in [0.5, 0.6) is 0 Å². The molecule has 2 unspecified atom stereocenters. The van der Waals surface area contributed by atoms with Crippen molar-refractivity contribution in [2.45, 2.75) is 31.3 Å². The van der Waals surface area contributed by atoms with Crippen molar-refractivity contribution in [1.29, 1.82) is 0 Å². The molecule has 0 radical (unpaired) electrons. The summed E-state index contributed by atoms with van der Waals surface area (Å²) in [4.78, 5) is 29.3. The minimum atomic E-state index is -0.283. The van der Waals surface area contributed by atoms with Crippen molar-refractivity contribution in [3.05, 3.63) is 76.9 Å². The Kier molecular flexibility index (Phi) is 5.39. The number of rotatable bonds is 6. The van der Waals surface area contributed by atoms with E-state index in [1.54, 1.807) is 4.68 Å². The van der Waals surface area contributed by atoms with Gasteiger partial charge in [-0.15, -0.1) is 0 Å². The highest BCUT2D eigenvalue weighted by Crippen LogP contribution is 2.42. The zero-order valence-corrected chi connectivity index (χ0v) is 18.8. The van der Waals surface area contributed by atoms with Gasteiger partial charge in [0.15, 0.2) is 5.78 Å². The lowest BCUT2D eigenvalue weighted by molar-refractivity contribution is 0.1000. The maximum Gasteiger partial charge on any atom is 0.184 e.